The minimum absolute atomic E-state index is 0.119. The molecule has 33 heavy (non-hydrogen) atoms. The summed E-state index contributed by atoms with van der Waals surface area (Å²) in [6.07, 6.45) is 4.39. The van der Waals surface area contributed by atoms with E-state index in [0.29, 0.717) is 24.5 Å². The quantitative estimate of drug-likeness (QED) is 0.450. The number of alkyl carbamates (subject to hydrolysis) is 1. The van der Waals surface area contributed by atoms with Crippen LogP contribution in [0.3, 0.4) is 0 Å². The van der Waals surface area contributed by atoms with E-state index < -0.39 is 11.7 Å². The molecule has 0 bridgehead atoms. The summed E-state index contributed by atoms with van der Waals surface area (Å²) in [5.74, 6) is 0.252. The summed E-state index contributed by atoms with van der Waals surface area (Å²) in [6.45, 7) is 6.03. The largest absolute Gasteiger partial charge is 0.444 e. The summed E-state index contributed by atoms with van der Waals surface area (Å²) in [6, 6.07) is 6.98. The van der Waals surface area contributed by atoms with Crippen molar-refractivity contribution in [2.45, 2.75) is 32.9 Å². The van der Waals surface area contributed by atoms with E-state index in [1.807, 2.05) is 0 Å². The molecule has 0 aromatic carbocycles. The van der Waals surface area contributed by atoms with Crippen LogP contribution in [0.1, 0.15) is 20.8 Å². The van der Waals surface area contributed by atoms with Crippen molar-refractivity contribution in [2.75, 3.05) is 6.54 Å². The number of carbonyl (C=O) groups is 1. The van der Waals surface area contributed by atoms with Crippen LogP contribution in [0, 0.1) is 0 Å². The van der Waals surface area contributed by atoms with Crippen LogP contribution in [0.25, 0.3) is 34.2 Å². The van der Waals surface area contributed by atoms with Crippen LogP contribution < -0.4 is 10.9 Å². The maximum absolute atomic E-state index is 12.6. The zero-order valence-corrected chi connectivity index (χ0v) is 18.3. The van der Waals surface area contributed by atoms with Gasteiger partial charge in [0, 0.05) is 30.2 Å². The fourth-order valence-electron chi connectivity index (χ4n) is 2.88. The Morgan fingerprint density at radius 1 is 1.21 bits per heavy atom. The number of pyridine rings is 2. The van der Waals surface area contributed by atoms with E-state index in [9.17, 15) is 9.59 Å². The molecule has 0 aliphatic heterocycles. The summed E-state index contributed by atoms with van der Waals surface area (Å²) in [7, 11) is 0. The van der Waals surface area contributed by atoms with Gasteiger partial charge in [-0.3, -0.25) is 9.78 Å². The second kappa shape index (κ2) is 9.02. The number of hydrogen-bond acceptors (Lipinski definition) is 9. The lowest BCUT2D eigenvalue weighted by Gasteiger charge is -2.19. The molecule has 4 aromatic rings. The van der Waals surface area contributed by atoms with Gasteiger partial charge in [-0.1, -0.05) is 10.4 Å². The molecule has 0 atom stereocenters. The predicted molar refractivity (Wildman–Crippen MR) is 117 cm³/mol. The summed E-state index contributed by atoms with van der Waals surface area (Å²) < 4.78 is 12.0. The molecule has 12 nitrogen and oxygen atoms in total. The SMILES string of the molecule is CC(C)(C)OC(=O)NCCn1cc(-c2nc(-c3ccc(-c4ccncc4)[nH]c3=O)no2)nn1. The second-order valence-electron chi connectivity index (χ2n) is 8.07. The van der Waals surface area contributed by atoms with Crippen LogP contribution >= 0.6 is 0 Å². The Morgan fingerprint density at radius 3 is 2.73 bits per heavy atom. The molecule has 4 heterocycles. The number of hydrogen-bond donors (Lipinski definition) is 2. The van der Waals surface area contributed by atoms with Crippen LogP contribution in [-0.4, -0.2) is 53.3 Å². The first-order valence-corrected chi connectivity index (χ1v) is 10.1. The number of ether oxygens (including phenoxy) is 1. The minimum Gasteiger partial charge on any atom is -0.444 e. The van der Waals surface area contributed by atoms with Gasteiger partial charge in [0.1, 0.15) is 5.60 Å². The second-order valence-corrected chi connectivity index (χ2v) is 8.07. The highest BCUT2D eigenvalue weighted by Crippen LogP contribution is 2.20. The lowest BCUT2D eigenvalue weighted by Crippen LogP contribution is -2.34. The summed E-state index contributed by atoms with van der Waals surface area (Å²) in [5.41, 5.74) is 1.17. The summed E-state index contributed by atoms with van der Waals surface area (Å²) >= 11 is 0. The molecule has 0 fully saturated rings. The zero-order chi connectivity index (χ0) is 23.4. The predicted octanol–water partition coefficient (Wildman–Crippen LogP) is 2.27. The average molecular weight is 450 g/mol. The van der Waals surface area contributed by atoms with E-state index in [2.05, 4.69) is 35.7 Å². The maximum atomic E-state index is 12.6. The molecule has 170 valence electrons. The Bertz CT molecular complexity index is 1300. The minimum atomic E-state index is -0.568. The van der Waals surface area contributed by atoms with Gasteiger partial charge in [0.05, 0.1) is 18.3 Å². The Balaban J connectivity index is 1.42. The molecular weight excluding hydrogens is 428 g/mol. The number of aromatic nitrogens is 7. The van der Waals surface area contributed by atoms with Gasteiger partial charge in [0.15, 0.2) is 5.69 Å². The van der Waals surface area contributed by atoms with Gasteiger partial charge in [-0.25, -0.2) is 9.48 Å². The summed E-state index contributed by atoms with van der Waals surface area (Å²) in [5, 5.41) is 14.5. The van der Waals surface area contributed by atoms with Crippen molar-refractivity contribution in [3.63, 3.8) is 0 Å². The van der Waals surface area contributed by atoms with Gasteiger partial charge in [-0.05, 0) is 45.0 Å². The van der Waals surface area contributed by atoms with Gasteiger partial charge in [0.25, 0.3) is 11.4 Å². The van der Waals surface area contributed by atoms with E-state index in [4.69, 9.17) is 9.26 Å². The first kappa shape index (κ1) is 21.9. The number of amides is 1. The van der Waals surface area contributed by atoms with Gasteiger partial charge < -0.3 is 19.6 Å². The molecule has 0 saturated carbocycles. The molecule has 4 aromatic heterocycles. The topological polar surface area (TPSA) is 154 Å². The smallest absolute Gasteiger partial charge is 0.407 e. The highest BCUT2D eigenvalue weighted by molar-refractivity contribution is 5.67. The van der Waals surface area contributed by atoms with Crippen molar-refractivity contribution in [1.29, 1.82) is 0 Å². The van der Waals surface area contributed by atoms with Gasteiger partial charge in [-0.2, -0.15) is 4.98 Å². The molecule has 4 rings (SSSR count). The molecule has 2 N–H and O–H groups in total. The van der Waals surface area contributed by atoms with Gasteiger partial charge in [0.2, 0.25) is 5.82 Å². The van der Waals surface area contributed by atoms with Crippen LogP contribution in [0.4, 0.5) is 4.79 Å². The zero-order valence-electron chi connectivity index (χ0n) is 18.3. The molecule has 12 heteroatoms. The molecule has 0 aliphatic carbocycles. The molecular formula is C21H22N8O4. The number of aromatic amines is 1. The van der Waals surface area contributed by atoms with Crippen molar-refractivity contribution in [1.82, 2.24) is 40.4 Å². The fraction of sp³-hybridized carbons (Fsp3) is 0.286. The van der Waals surface area contributed by atoms with E-state index in [-0.39, 0.29) is 22.8 Å². The fourth-order valence-corrected chi connectivity index (χ4v) is 2.88. The highest BCUT2D eigenvalue weighted by atomic mass is 16.6. The van der Waals surface area contributed by atoms with Crippen molar-refractivity contribution in [3.8, 4) is 34.2 Å². The molecule has 0 spiro atoms. The third kappa shape index (κ3) is 5.47. The molecule has 0 saturated heterocycles. The summed E-state index contributed by atoms with van der Waals surface area (Å²) in [4.78, 5) is 35.3. The van der Waals surface area contributed by atoms with Crippen molar-refractivity contribution in [3.05, 3.63) is 53.2 Å². The molecule has 0 aliphatic rings. The molecule has 1 amide bonds. The van der Waals surface area contributed by atoms with E-state index in [0.717, 1.165) is 5.56 Å². The number of carbonyl (C=O) groups excluding carboxylic acids is 1. The number of rotatable bonds is 6. The Kier molecular flexibility index (Phi) is 5.98. The van der Waals surface area contributed by atoms with Crippen molar-refractivity contribution >= 4 is 6.09 Å². The van der Waals surface area contributed by atoms with Crippen LogP contribution in [0.15, 0.2) is 52.2 Å². The van der Waals surface area contributed by atoms with Crippen LogP contribution in [-0.2, 0) is 11.3 Å². The number of nitrogens with zero attached hydrogens (tertiary/aromatic N) is 6. The molecule has 0 radical (unpaired) electrons. The Morgan fingerprint density at radius 2 is 2.00 bits per heavy atom. The lowest BCUT2D eigenvalue weighted by molar-refractivity contribution is 0.0525. The third-order valence-corrected chi connectivity index (χ3v) is 4.33. The molecule has 0 unspecified atom stereocenters. The standard InChI is InChI=1S/C21H22N8O4/c1-21(2,3)32-20(31)23-10-11-29-12-16(26-28-29)19-25-17(27-33-19)14-4-5-15(24-18(14)30)13-6-8-22-9-7-13/h4-9,12H,10-11H2,1-3H3,(H,23,31)(H,24,30). The Hall–Kier alpha value is -4.35. The van der Waals surface area contributed by atoms with Gasteiger partial charge in [-0.15, -0.1) is 5.10 Å². The Labute approximate surface area is 188 Å². The maximum Gasteiger partial charge on any atom is 0.407 e. The van der Waals surface area contributed by atoms with E-state index in [1.165, 1.54) is 4.68 Å². The monoisotopic (exact) mass is 450 g/mol. The van der Waals surface area contributed by atoms with Crippen molar-refractivity contribution in [2.24, 2.45) is 0 Å². The normalized spacial score (nSPS) is 11.4. The number of H-pyrrole nitrogens is 1. The first-order valence-electron chi connectivity index (χ1n) is 10.1. The highest BCUT2D eigenvalue weighted by Gasteiger charge is 2.18. The average Bonchev–Trinajstić information content (AvgIpc) is 3.43. The van der Waals surface area contributed by atoms with Crippen LogP contribution in [0.2, 0.25) is 0 Å². The first-order chi connectivity index (χ1) is 15.8. The van der Waals surface area contributed by atoms with E-state index in [1.54, 1.807) is 63.6 Å². The van der Waals surface area contributed by atoms with Gasteiger partial charge >= 0.3 is 6.09 Å². The number of nitrogens with one attached hydrogen (secondary N) is 2. The third-order valence-electron chi connectivity index (χ3n) is 4.33. The van der Waals surface area contributed by atoms with E-state index >= 15 is 0 Å². The van der Waals surface area contributed by atoms with Crippen molar-refractivity contribution < 1.29 is 14.1 Å². The van der Waals surface area contributed by atoms with Crippen LogP contribution in [0.5, 0.6) is 0 Å². The lowest BCUT2D eigenvalue weighted by atomic mass is 10.1.